The van der Waals surface area contributed by atoms with Crippen LogP contribution in [-0.4, -0.2) is 28.5 Å². The van der Waals surface area contributed by atoms with Gasteiger partial charge >= 0.3 is 0 Å². The zero-order chi connectivity index (χ0) is 19.5. The van der Waals surface area contributed by atoms with E-state index in [0.29, 0.717) is 54.6 Å². The molecule has 1 aliphatic carbocycles. The van der Waals surface area contributed by atoms with Crippen molar-refractivity contribution in [3.8, 4) is 11.5 Å². The lowest BCUT2D eigenvalue weighted by Gasteiger charge is -2.23. The molecule has 0 radical (unpaired) electrons. The summed E-state index contributed by atoms with van der Waals surface area (Å²) >= 11 is 0. The van der Waals surface area contributed by atoms with E-state index in [4.69, 9.17) is 9.47 Å². The number of aromatic nitrogens is 2. The molecule has 0 bridgehead atoms. The number of rotatable bonds is 5. The minimum Gasteiger partial charge on any atom is -0.493 e. The molecule has 1 fully saturated rings. The van der Waals surface area contributed by atoms with E-state index in [1.807, 2.05) is 30.3 Å². The van der Waals surface area contributed by atoms with Gasteiger partial charge in [0.2, 0.25) is 0 Å². The molecule has 0 saturated heterocycles. The minimum atomic E-state index is -0.125. The average Bonchev–Trinajstić information content (AvgIpc) is 2.72. The number of carbonyl (C=O) groups excluding carboxylic acids is 1. The highest BCUT2D eigenvalue weighted by atomic mass is 16.5. The van der Waals surface area contributed by atoms with E-state index < -0.39 is 0 Å². The third kappa shape index (κ3) is 3.76. The van der Waals surface area contributed by atoms with Gasteiger partial charge in [-0.15, -0.1) is 0 Å². The number of ketones is 1. The summed E-state index contributed by atoms with van der Waals surface area (Å²) in [5.41, 5.74) is 1.47. The zero-order valence-corrected chi connectivity index (χ0v) is 15.8. The molecule has 6 nitrogen and oxygen atoms in total. The Labute approximate surface area is 162 Å². The first-order valence-electron chi connectivity index (χ1n) is 9.43. The fourth-order valence-corrected chi connectivity index (χ4v) is 3.52. The van der Waals surface area contributed by atoms with Gasteiger partial charge in [-0.2, -0.15) is 0 Å². The van der Waals surface area contributed by atoms with Crippen molar-refractivity contribution in [2.24, 2.45) is 0 Å². The third-order valence-corrected chi connectivity index (χ3v) is 5.09. The molecule has 1 aromatic heterocycles. The highest BCUT2D eigenvalue weighted by molar-refractivity contribution is 5.82. The van der Waals surface area contributed by atoms with Gasteiger partial charge in [-0.1, -0.05) is 30.3 Å². The maximum absolute atomic E-state index is 13.0. The Morgan fingerprint density at radius 3 is 2.54 bits per heavy atom. The van der Waals surface area contributed by atoms with Crippen molar-refractivity contribution < 1.29 is 14.3 Å². The molecule has 0 aliphatic heterocycles. The van der Waals surface area contributed by atoms with Crippen LogP contribution in [0, 0.1) is 0 Å². The Hall–Kier alpha value is -3.15. The molecule has 0 amide bonds. The third-order valence-electron chi connectivity index (χ3n) is 5.09. The first kappa shape index (κ1) is 18.2. The Bertz CT molecular complexity index is 1050. The second-order valence-electron chi connectivity index (χ2n) is 7.04. The largest absolute Gasteiger partial charge is 0.493 e. The van der Waals surface area contributed by atoms with E-state index in [1.54, 1.807) is 30.1 Å². The summed E-state index contributed by atoms with van der Waals surface area (Å²) in [5.74, 6) is 1.33. The topological polar surface area (TPSA) is 70.4 Å². The normalized spacial score (nSPS) is 15.0. The number of Topliss-reactive ketones (excluding diaryl/α,β-unsaturated/α-hetero) is 1. The van der Waals surface area contributed by atoms with Gasteiger partial charge in [0.25, 0.3) is 5.56 Å². The van der Waals surface area contributed by atoms with Crippen molar-refractivity contribution in [3.05, 3.63) is 64.7 Å². The van der Waals surface area contributed by atoms with Crippen molar-refractivity contribution in [1.82, 2.24) is 9.55 Å². The standard InChI is InChI=1S/C22H22N2O4/c1-27-20-12-19-18(11-21(20)28-17-9-7-16(25)8-10-17)22(26)24(14-23-19)13-15-5-3-2-4-6-15/h2-6,11-12,14,17H,7-10,13H2,1H3. The van der Waals surface area contributed by atoms with Crippen LogP contribution < -0.4 is 15.0 Å². The molecular formula is C22H22N2O4. The number of fused-ring (bicyclic) bond motifs is 1. The quantitative estimate of drug-likeness (QED) is 0.681. The van der Waals surface area contributed by atoms with Crippen LogP contribution in [0.1, 0.15) is 31.2 Å². The molecule has 144 valence electrons. The summed E-state index contributed by atoms with van der Waals surface area (Å²) in [6, 6.07) is 13.2. The van der Waals surface area contributed by atoms with Gasteiger partial charge in [0.1, 0.15) is 5.78 Å². The Kier molecular flexibility index (Phi) is 5.10. The molecular weight excluding hydrogens is 356 g/mol. The first-order chi connectivity index (χ1) is 13.6. The van der Waals surface area contributed by atoms with Gasteiger partial charge in [0, 0.05) is 18.9 Å². The van der Waals surface area contributed by atoms with Crippen molar-refractivity contribution in [2.45, 2.75) is 38.3 Å². The monoisotopic (exact) mass is 378 g/mol. The molecule has 1 heterocycles. The highest BCUT2D eigenvalue weighted by Crippen LogP contribution is 2.33. The van der Waals surface area contributed by atoms with Crippen LogP contribution in [0.4, 0.5) is 0 Å². The molecule has 6 heteroatoms. The van der Waals surface area contributed by atoms with Crippen molar-refractivity contribution >= 4 is 16.7 Å². The predicted octanol–water partition coefficient (Wildman–Crippen LogP) is 3.34. The van der Waals surface area contributed by atoms with Crippen LogP contribution in [0.2, 0.25) is 0 Å². The SMILES string of the molecule is COc1cc2ncn(Cc3ccccc3)c(=O)c2cc1OC1CCC(=O)CC1. The van der Waals surface area contributed by atoms with Crippen molar-refractivity contribution in [3.63, 3.8) is 0 Å². The number of nitrogens with zero attached hydrogens (tertiary/aromatic N) is 2. The number of ether oxygens (including phenoxy) is 2. The maximum atomic E-state index is 13.0. The summed E-state index contributed by atoms with van der Waals surface area (Å²) < 4.78 is 13.1. The zero-order valence-electron chi connectivity index (χ0n) is 15.8. The molecule has 3 aromatic rings. The van der Waals surface area contributed by atoms with Gasteiger partial charge in [0.05, 0.1) is 37.0 Å². The van der Waals surface area contributed by atoms with Crippen LogP contribution in [0.15, 0.2) is 53.6 Å². The lowest BCUT2D eigenvalue weighted by Crippen LogP contribution is -2.24. The molecule has 1 saturated carbocycles. The number of hydrogen-bond acceptors (Lipinski definition) is 5. The summed E-state index contributed by atoms with van der Waals surface area (Å²) in [4.78, 5) is 28.9. The highest BCUT2D eigenvalue weighted by Gasteiger charge is 2.22. The number of methoxy groups -OCH3 is 1. The van der Waals surface area contributed by atoms with Crippen molar-refractivity contribution in [1.29, 1.82) is 0 Å². The summed E-state index contributed by atoms with van der Waals surface area (Å²) in [6.07, 6.45) is 3.95. The fourth-order valence-electron chi connectivity index (χ4n) is 3.52. The smallest absolute Gasteiger partial charge is 0.261 e. The van der Waals surface area contributed by atoms with E-state index in [9.17, 15) is 9.59 Å². The van der Waals surface area contributed by atoms with Crippen LogP contribution in [-0.2, 0) is 11.3 Å². The summed E-state index contributed by atoms with van der Waals surface area (Å²) in [5, 5.41) is 0.487. The second-order valence-corrected chi connectivity index (χ2v) is 7.04. The first-order valence-corrected chi connectivity index (χ1v) is 9.43. The molecule has 28 heavy (non-hydrogen) atoms. The molecule has 0 atom stereocenters. The van der Waals surface area contributed by atoms with E-state index in [-0.39, 0.29) is 17.4 Å². The van der Waals surface area contributed by atoms with Gasteiger partial charge in [-0.3, -0.25) is 14.2 Å². The van der Waals surface area contributed by atoms with Crippen LogP contribution in [0.3, 0.4) is 0 Å². The van der Waals surface area contributed by atoms with Gasteiger partial charge in [-0.05, 0) is 24.5 Å². The van der Waals surface area contributed by atoms with Crippen LogP contribution in [0.5, 0.6) is 11.5 Å². The van der Waals surface area contributed by atoms with Gasteiger partial charge in [0.15, 0.2) is 11.5 Å². The maximum Gasteiger partial charge on any atom is 0.261 e. The number of benzene rings is 2. The van der Waals surface area contributed by atoms with E-state index in [1.165, 1.54) is 0 Å². The van der Waals surface area contributed by atoms with Gasteiger partial charge < -0.3 is 9.47 Å². The fraction of sp³-hybridized carbons (Fsp3) is 0.318. The van der Waals surface area contributed by atoms with E-state index in [2.05, 4.69) is 4.98 Å². The molecule has 0 unspecified atom stereocenters. The van der Waals surface area contributed by atoms with E-state index in [0.717, 1.165) is 5.56 Å². The molecule has 0 N–H and O–H groups in total. The molecule has 0 spiro atoms. The van der Waals surface area contributed by atoms with Crippen molar-refractivity contribution in [2.75, 3.05) is 7.11 Å². The summed E-state index contributed by atoms with van der Waals surface area (Å²) in [7, 11) is 1.56. The average molecular weight is 378 g/mol. The lowest BCUT2D eigenvalue weighted by atomic mass is 9.96. The molecule has 1 aliphatic rings. The lowest BCUT2D eigenvalue weighted by molar-refractivity contribution is -0.121. The van der Waals surface area contributed by atoms with Crippen LogP contribution in [0.25, 0.3) is 10.9 Å². The summed E-state index contributed by atoms with van der Waals surface area (Å²) in [6.45, 7) is 0.454. The molecule has 4 rings (SSSR count). The Balaban J connectivity index is 1.68. The second kappa shape index (κ2) is 7.84. The minimum absolute atomic E-state index is 0.0488. The van der Waals surface area contributed by atoms with Gasteiger partial charge in [-0.25, -0.2) is 4.98 Å². The van der Waals surface area contributed by atoms with Crippen LogP contribution >= 0.6 is 0 Å². The molecule has 2 aromatic carbocycles. The Morgan fingerprint density at radius 1 is 1.07 bits per heavy atom. The van der Waals surface area contributed by atoms with E-state index >= 15 is 0 Å². The number of carbonyl (C=O) groups is 1. The Morgan fingerprint density at radius 2 is 1.82 bits per heavy atom. The predicted molar refractivity (Wildman–Crippen MR) is 106 cm³/mol. The number of hydrogen-bond donors (Lipinski definition) is 0.